The number of furan rings is 1. The van der Waals surface area contributed by atoms with Crippen molar-refractivity contribution in [2.24, 2.45) is 0 Å². The Balaban J connectivity index is 1.51. The SMILES string of the molecule is CCOc1ccc(NC(=O)CNc2cccc(NC(=O)c3ccco3)c2)cc1. The van der Waals surface area contributed by atoms with E-state index in [1.807, 2.05) is 13.0 Å². The first kappa shape index (κ1) is 19.0. The maximum Gasteiger partial charge on any atom is 0.291 e. The van der Waals surface area contributed by atoms with Crippen LogP contribution in [0.5, 0.6) is 5.75 Å². The first-order valence-corrected chi connectivity index (χ1v) is 8.85. The fourth-order valence-electron chi connectivity index (χ4n) is 2.50. The normalized spacial score (nSPS) is 10.2. The van der Waals surface area contributed by atoms with Crippen molar-refractivity contribution < 1.29 is 18.7 Å². The summed E-state index contributed by atoms with van der Waals surface area (Å²) >= 11 is 0. The van der Waals surface area contributed by atoms with Crippen LogP contribution in [-0.4, -0.2) is 25.0 Å². The standard InChI is InChI=1S/C21H21N3O4/c1-2-27-18-10-8-15(9-11-18)23-20(25)14-22-16-5-3-6-17(13-16)24-21(26)19-7-4-12-28-19/h3-13,22H,2,14H2,1H3,(H,23,25)(H,24,26). The summed E-state index contributed by atoms with van der Waals surface area (Å²) in [5.74, 6) is 0.463. The second-order valence-corrected chi connectivity index (χ2v) is 5.87. The van der Waals surface area contributed by atoms with E-state index in [0.29, 0.717) is 23.7 Å². The number of nitrogens with one attached hydrogen (secondary N) is 3. The lowest BCUT2D eigenvalue weighted by Gasteiger charge is -2.10. The van der Waals surface area contributed by atoms with Gasteiger partial charge in [-0.2, -0.15) is 0 Å². The molecular formula is C21H21N3O4. The molecule has 7 nitrogen and oxygen atoms in total. The van der Waals surface area contributed by atoms with Gasteiger partial charge in [0.2, 0.25) is 5.91 Å². The van der Waals surface area contributed by atoms with E-state index in [4.69, 9.17) is 9.15 Å². The van der Waals surface area contributed by atoms with Crippen LogP contribution in [0.25, 0.3) is 0 Å². The third kappa shape index (κ3) is 5.38. The second kappa shape index (κ2) is 9.27. The largest absolute Gasteiger partial charge is 0.494 e. The van der Waals surface area contributed by atoms with E-state index < -0.39 is 0 Å². The quantitative estimate of drug-likeness (QED) is 0.550. The molecule has 1 heterocycles. The Hall–Kier alpha value is -3.74. The lowest BCUT2D eigenvalue weighted by atomic mass is 10.2. The molecule has 28 heavy (non-hydrogen) atoms. The molecule has 0 aliphatic rings. The minimum Gasteiger partial charge on any atom is -0.494 e. The number of anilines is 3. The Morgan fingerprint density at radius 1 is 0.929 bits per heavy atom. The molecule has 0 radical (unpaired) electrons. The summed E-state index contributed by atoms with van der Waals surface area (Å²) in [5.41, 5.74) is 1.99. The van der Waals surface area contributed by atoms with Gasteiger partial charge in [-0.25, -0.2) is 0 Å². The van der Waals surface area contributed by atoms with Gasteiger partial charge in [0.1, 0.15) is 5.75 Å². The van der Waals surface area contributed by atoms with E-state index in [1.165, 1.54) is 6.26 Å². The summed E-state index contributed by atoms with van der Waals surface area (Å²) in [4.78, 5) is 24.1. The first-order chi connectivity index (χ1) is 13.6. The Morgan fingerprint density at radius 2 is 1.71 bits per heavy atom. The van der Waals surface area contributed by atoms with E-state index in [2.05, 4.69) is 16.0 Å². The minimum absolute atomic E-state index is 0.0861. The van der Waals surface area contributed by atoms with Crippen LogP contribution >= 0.6 is 0 Å². The van der Waals surface area contributed by atoms with Crippen LogP contribution in [0.3, 0.4) is 0 Å². The van der Waals surface area contributed by atoms with E-state index in [0.717, 1.165) is 5.75 Å². The molecule has 3 aromatic rings. The molecule has 0 unspecified atom stereocenters. The zero-order valence-corrected chi connectivity index (χ0v) is 15.4. The topological polar surface area (TPSA) is 92.6 Å². The van der Waals surface area contributed by atoms with Crippen LogP contribution in [0.15, 0.2) is 71.3 Å². The van der Waals surface area contributed by atoms with Gasteiger partial charge in [0.15, 0.2) is 5.76 Å². The number of carbonyl (C=O) groups is 2. The minimum atomic E-state index is -0.338. The average Bonchev–Trinajstić information content (AvgIpc) is 3.24. The van der Waals surface area contributed by atoms with Gasteiger partial charge >= 0.3 is 0 Å². The second-order valence-electron chi connectivity index (χ2n) is 5.87. The number of rotatable bonds is 8. The molecule has 2 amide bonds. The third-order valence-corrected chi connectivity index (χ3v) is 3.77. The summed E-state index contributed by atoms with van der Waals surface area (Å²) in [6, 6.07) is 17.5. The van der Waals surface area contributed by atoms with Crippen molar-refractivity contribution in [2.45, 2.75) is 6.92 Å². The number of hydrogen-bond donors (Lipinski definition) is 3. The van der Waals surface area contributed by atoms with E-state index in [9.17, 15) is 9.59 Å². The highest BCUT2D eigenvalue weighted by Gasteiger charge is 2.09. The summed E-state index contributed by atoms with van der Waals surface area (Å²) in [5, 5.41) is 8.58. The Morgan fingerprint density at radius 3 is 2.43 bits per heavy atom. The summed E-state index contributed by atoms with van der Waals surface area (Å²) in [6.07, 6.45) is 1.44. The Kier molecular flexibility index (Phi) is 6.30. The molecule has 7 heteroatoms. The molecular weight excluding hydrogens is 358 g/mol. The fraction of sp³-hybridized carbons (Fsp3) is 0.143. The van der Waals surface area contributed by atoms with Crippen LogP contribution in [0.2, 0.25) is 0 Å². The molecule has 1 aromatic heterocycles. The van der Waals surface area contributed by atoms with Crippen LogP contribution in [-0.2, 0) is 4.79 Å². The van der Waals surface area contributed by atoms with Crippen molar-refractivity contribution in [1.29, 1.82) is 0 Å². The molecule has 2 aromatic carbocycles. The molecule has 0 bridgehead atoms. The zero-order chi connectivity index (χ0) is 19.8. The molecule has 0 aliphatic heterocycles. The van der Waals surface area contributed by atoms with Gasteiger partial charge in [-0.05, 0) is 61.5 Å². The van der Waals surface area contributed by atoms with E-state index >= 15 is 0 Å². The van der Waals surface area contributed by atoms with Gasteiger partial charge in [-0.1, -0.05) is 6.07 Å². The lowest BCUT2D eigenvalue weighted by Crippen LogP contribution is -2.21. The van der Waals surface area contributed by atoms with Gasteiger partial charge in [0, 0.05) is 17.1 Å². The molecule has 0 saturated heterocycles. The Bertz CT molecular complexity index is 921. The summed E-state index contributed by atoms with van der Waals surface area (Å²) in [7, 11) is 0. The summed E-state index contributed by atoms with van der Waals surface area (Å²) in [6.45, 7) is 2.60. The highest BCUT2D eigenvalue weighted by atomic mass is 16.5. The predicted molar refractivity (Wildman–Crippen MR) is 108 cm³/mol. The van der Waals surface area contributed by atoms with Crippen molar-refractivity contribution in [3.8, 4) is 5.75 Å². The molecule has 0 saturated carbocycles. The first-order valence-electron chi connectivity index (χ1n) is 8.85. The van der Waals surface area contributed by atoms with Crippen LogP contribution < -0.4 is 20.7 Å². The number of amides is 2. The molecule has 0 fully saturated rings. The maximum absolute atomic E-state index is 12.1. The number of benzene rings is 2. The highest BCUT2D eigenvalue weighted by molar-refractivity contribution is 6.02. The van der Waals surface area contributed by atoms with Gasteiger partial charge in [-0.3, -0.25) is 9.59 Å². The van der Waals surface area contributed by atoms with Gasteiger partial charge in [-0.15, -0.1) is 0 Å². The number of carbonyl (C=O) groups excluding carboxylic acids is 2. The van der Waals surface area contributed by atoms with Crippen LogP contribution in [0.4, 0.5) is 17.1 Å². The average molecular weight is 379 g/mol. The smallest absolute Gasteiger partial charge is 0.291 e. The third-order valence-electron chi connectivity index (χ3n) is 3.77. The molecule has 144 valence electrons. The number of hydrogen-bond acceptors (Lipinski definition) is 5. The van der Waals surface area contributed by atoms with Crippen molar-refractivity contribution >= 4 is 28.9 Å². The maximum atomic E-state index is 12.1. The number of ether oxygens (including phenoxy) is 1. The lowest BCUT2D eigenvalue weighted by molar-refractivity contribution is -0.114. The van der Waals surface area contributed by atoms with Crippen LogP contribution in [0, 0.1) is 0 Å². The van der Waals surface area contributed by atoms with Gasteiger partial charge in [0.25, 0.3) is 5.91 Å². The molecule has 3 rings (SSSR count). The van der Waals surface area contributed by atoms with Crippen molar-refractivity contribution in [3.05, 3.63) is 72.7 Å². The summed E-state index contributed by atoms with van der Waals surface area (Å²) < 4.78 is 10.4. The van der Waals surface area contributed by atoms with Gasteiger partial charge in [0.05, 0.1) is 19.4 Å². The Labute approximate surface area is 162 Å². The van der Waals surface area contributed by atoms with Crippen LogP contribution in [0.1, 0.15) is 17.5 Å². The molecule has 0 aliphatic carbocycles. The van der Waals surface area contributed by atoms with E-state index in [-0.39, 0.29) is 24.1 Å². The highest BCUT2D eigenvalue weighted by Crippen LogP contribution is 2.17. The molecule has 3 N–H and O–H groups in total. The van der Waals surface area contributed by atoms with E-state index in [1.54, 1.807) is 54.6 Å². The van der Waals surface area contributed by atoms with Crippen molar-refractivity contribution in [2.75, 3.05) is 29.1 Å². The fourth-order valence-corrected chi connectivity index (χ4v) is 2.50. The monoisotopic (exact) mass is 379 g/mol. The van der Waals surface area contributed by atoms with Gasteiger partial charge < -0.3 is 25.1 Å². The van der Waals surface area contributed by atoms with Crippen molar-refractivity contribution in [3.63, 3.8) is 0 Å². The molecule has 0 atom stereocenters. The zero-order valence-electron chi connectivity index (χ0n) is 15.4. The van der Waals surface area contributed by atoms with Crippen molar-refractivity contribution in [1.82, 2.24) is 0 Å². The molecule has 0 spiro atoms. The predicted octanol–water partition coefficient (Wildman–Crippen LogP) is 3.98.